The summed E-state index contributed by atoms with van der Waals surface area (Å²) in [5.41, 5.74) is 1.52. The van der Waals surface area contributed by atoms with Gasteiger partial charge in [0, 0.05) is 6.54 Å². The standard InChI is InChI=1S/C12H17NO/c1-8-7-10(8)12(2)11-9(3-5-13-12)4-6-14-11/h4,6,8,10,13H,3,5,7H2,1-2H3. The molecule has 2 aliphatic rings. The fourth-order valence-electron chi connectivity index (χ4n) is 2.95. The molecule has 76 valence electrons. The van der Waals surface area contributed by atoms with Gasteiger partial charge in [-0.3, -0.25) is 0 Å². The average Bonchev–Trinajstić information content (AvgIpc) is 2.73. The molecular formula is C12H17NO. The van der Waals surface area contributed by atoms with Crippen LogP contribution in [-0.2, 0) is 12.0 Å². The van der Waals surface area contributed by atoms with Gasteiger partial charge in [-0.25, -0.2) is 0 Å². The third kappa shape index (κ3) is 1.01. The smallest absolute Gasteiger partial charge is 0.127 e. The molecule has 1 fully saturated rings. The van der Waals surface area contributed by atoms with Crippen LogP contribution in [0, 0.1) is 11.8 Å². The molecule has 0 aromatic carbocycles. The van der Waals surface area contributed by atoms with Crippen LogP contribution in [0.3, 0.4) is 0 Å². The second kappa shape index (κ2) is 2.63. The van der Waals surface area contributed by atoms with Crippen LogP contribution >= 0.6 is 0 Å². The van der Waals surface area contributed by atoms with Crippen molar-refractivity contribution in [2.24, 2.45) is 11.8 Å². The predicted molar refractivity (Wildman–Crippen MR) is 55.0 cm³/mol. The Hall–Kier alpha value is -0.760. The SMILES string of the molecule is CC1CC1C1(C)NCCc2ccoc21. The summed E-state index contributed by atoms with van der Waals surface area (Å²) in [5.74, 6) is 2.81. The summed E-state index contributed by atoms with van der Waals surface area (Å²) in [6.45, 7) is 5.71. The Kier molecular flexibility index (Phi) is 1.61. The van der Waals surface area contributed by atoms with Crippen LogP contribution < -0.4 is 5.32 Å². The van der Waals surface area contributed by atoms with Crippen LogP contribution in [0.15, 0.2) is 16.7 Å². The van der Waals surface area contributed by atoms with Crippen molar-refractivity contribution in [2.75, 3.05) is 6.54 Å². The van der Waals surface area contributed by atoms with Gasteiger partial charge in [0.2, 0.25) is 0 Å². The molecule has 3 rings (SSSR count). The zero-order valence-corrected chi connectivity index (χ0v) is 8.84. The van der Waals surface area contributed by atoms with E-state index in [4.69, 9.17) is 4.42 Å². The first-order valence-electron chi connectivity index (χ1n) is 5.53. The molecule has 0 amide bonds. The summed E-state index contributed by atoms with van der Waals surface area (Å²) in [6.07, 6.45) is 4.29. The minimum absolute atomic E-state index is 0.108. The van der Waals surface area contributed by atoms with E-state index in [1.807, 2.05) is 6.26 Å². The molecule has 1 aromatic rings. The molecule has 1 aliphatic heterocycles. The number of hydrogen-bond acceptors (Lipinski definition) is 2. The first-order valence-corrected chi connectivity index (χ1v) is 5.53. The fraction of sp³-hybridized carbons (Fsp3) is 0.667. The van der Waals surface area contributed by atoms with E-state index in [1.165, 1.54) is 17.7 Å². The summed E-state index contributed by atoms with van der Waals surface area (Å²) < 4.78 is 5.66. The molecule has 1 aromatic heterocycles. The molecule has 1 N–H and O–H groups in total. The molecule has 0 spiro atoms. The van der Waals surface area contributed by atoms with E-state index in [1.54, 1.807) is 0 Å². The maximum Gasteiger partial charge on any atom is 0.127 e. The average molecular weight is 191 g/mol. The van der Waals surface area contributed by atoms with Crippen molar-refractivity contribution < 1.29 is 4.42 Å². The van der Waals surface area contributed by atoms with Gasteiger partial charge in [0.25, 0.3) is 0 Å². The first-order chi connectivity index (χ1) is 6.72. The molecule has 1 saturated carbocycles. The van der Waals surface area contributed by atoms with Crippen LogP contribution in [0.25, 0.3) is 0 Å². The summed E-state index contributed by atoms with van der Waals surface area (Å²) in [4.78, 5) is 0. The molecule has 2 heterocycles. The molecule has 1 aliphatic carbocycles. The van der Waals surface area contributed by atoms with Crippen LogP contribution in [0.4, 0.5) is 0 Å². The van der Waals surface area contributed by atoms with Gasteiger partial charge in [0.15, 0.2) is 0 Å². The Balaban J connectivity index is 2.02. The van der Waals surface area contributed by atoms with Crippen molar-refractivity contribution >= 4 is 0 Å². The second-order valence-corrected chi connectivity index (χ2v) is 4.97. The highest BCUT2D eigenvalue weighted by molar-refractivity contribution is 5.30. The molecule has 14 heavy (non-hydrogen) atoms. The van der Waals surface area contributed by atoms with Crippen molar-refractivity contribution in [3.8, 4) is 0 Å². The highest BCUT2D eigenvalue weighted by Crippen LogP contribution is 2.52. The Morgan fingerprint density at radius 1 is 1.57 bits per heavy atom. The number of rotatable bonds is 1. The second-order valence-electron chi connectivity index (χ2n) is 4.97. The minimum Gasteiger partial charge on any atom is -0.467 e. The zero-order chi connectivity index (χ0) is 9.76. The van der Waals surface area contributed by atoms with Gasteiger partial charge in [-0.2, -0.15) is 0 Å². The van der Waals surface area contributed by atoms with Gasteiger partial charge in [-0.1, -0.05) is 6.92 Å². The Morgan fingerprint density at radius 2 is 2.36 bits per heavy atom. The van der Waals surface area contributed by atoms with Crippen molar-refractivity contribution in [2.45, 2.75) is 32.2 Å². The van der Waals surface area contributed by atoms with Gasteiger partial charge < -0.3 is 9.73 Å². The van der Waals surface area contributed by atoms with Gasteiger partial charge >= 0.3 is 0 Å². The molecule has 0 bridgehead atoms. The monoisotopic (exact) mass is 191 g/mol. The molecule has 2 heteroatoms. The fourth-order valence-corrected chi connectivity index (χ4v) is 2.95. The van der Waals surface area contributed by atoms with Crippen LogP contribution in [0.1, 0.15) is 31.6 Å². The zero-order valence-electron chi connectivity index (χ0n) is 8.84. The van der Waals surface area contributed by atoms with E-state index in [-0.39, 0.29) is 5.54 Å². The summed E-state index contributed by atoms with van der Waals surface area (Å²) in [7, 11) is 0. The minimum atomic E-state index is 0.108. The third-order valence-corrected chi connectivity index (χ3v) is 3.96. The summed E-state index contributed by atoms with van der Waals surface area (Å²) in [5, 5.41) is 3.64. The molecule has 0 saturated heterocycles. The third-order valence-electron chi connectivity index (χ3n) is 3.96. The van der Waals surface area contributed by atoms with Crippen LogP contribution in [-0.4, -0.2) is 6.54 Å². The van der Waals surface area contributed by atoms with E-state index in [2.05, 4.69) is 25.2 Å². The Morgan fingerprint density at radius 3 is 3.07 bits per heavy atom. The van der Waals surface area contributed by atoms with E-state index in [0.717, 1.165) is 24.8 Å². The van der Waals surface area contributed by atoms with E-state index in [0.29, 0.717) is 0 Å². The van der Waals surface area contributed by atoms with Gasteiger partial charge in [-0.15, -0.1) is 0 Å². The summed E-state index contributed by atoms with van der Waals surface area (Å²) in [6, 6.07) is 2.13. The quantitative estimate of drug-likeness (QED) is 0.736. The van der Waals surface area contributed by atoms with Crippen LogP contribution in [0.2, 0.25) is 0 Å². The lowest BCUT2D eigenvalue weighted by molar-refractivity contribution is 0.234. The van der Waals surface area contributed by atoms with E-state index in [9.17, 15) is 0 Å². The Labute approximate surface area is 84.7 Å². The number of fused-ring (bicyclic) bond motifs is 1. The number of nitrogens with one attached hydrogen (secondary N) is 1. The highest BCUT2D eigenvalue weighted by atomic mass is 16.3. The topological polar surface area (TPSA) is 25.2 Å². The lowest BCUT2D eigenvalue weighted by Crippen LogP contribution is -2.46. The van der Waals surface area contributed by atoms with Crippen molar-refractivity contribution in [1.29, 1.82) is 0 Å². The summed E-state index contributed by atoms with van der Waals surface area (Å²) >= 11 is 0. The van der Waals surface area contributed by atoms with Crippen molar-refractivity contribution in [3.63, 3.8) is 0 Å². The van der Waals surface area contributed by atoms with E-state index >= 15 is 0 Å². The highest BCUT2D eigenvalue weighted by Gasteiger charge is 2.51. The van der Waals surface area contributed by atoms with Gasteiger partial charge in [-0.05, 0) is 43.2 Å². The Bertz CT molecular complexity index is 357. The maximum atomic E-state index is 5.66. The molecule has 2 nitrogen and oxygen atoms in total. The lowest BCUT2D eigenvalue weighted by Gasteiger charge is -2.34. The number of hydrogen-bond donors (Lipinski definition) is 1. The van der Waals surface area contributed by atoms with Gasteiger partial charge in [0.1, 0.15) is 5.76 Å². The van der Waals surface area contributed by atoms with Crippen LogP contribution in [0.5, 0.6) is 0 Å². The van der Waals surface area contributed by atoms with Crippen molar-refractivity contribution in [3.05, 3.63) is 23.7 Å². The molecule has 0 radical (unpaired) electrons. The largest absolute Gasteiger partial charge is 0.467 e. The van der Waals surface area contributed by atoms with Crippen molar-refractivity contribution in [1.82, 2.24) is 5.32 Å². The first kappa shape index (κ1) is 8.54. The molecule has 3 atom stereocenters. The lowest BCUT2D eigenvalue weighted by atomic mass is 9.85. The van der Waals surface area contributed by atoms with Gasteiger partial charge in [0.05, 0.1) is 11.8 Å². The maximum absolute atomic E-state index is 5.66. The van der Waals surface area contributed by atoms with E-state index < -0.39 is 0 Å². The molecule has 3 unspecified atom stereocenters. The predicted octanol–water partition coefficient (Wildman–Crippen LogP) is 2.30. The number of furan rings is 1. The molecular weight excluding hydrogens is 174 g/mol. The normalized spacial score (nSPS) is 40.7.